The summed E-state index contributed by atoms with van der Waals surface area (Å²) in [4.78, 5) is 7.81. The molecule has 1 fully saturated rings. The predicted octanol–water partition coefficient (Wildman–Crippen LogP) is 1.29. The van der Waals surface area contributed by atoms with Gasteiger partial charge in [0.2, 0.25) is 5.95 Å². The van der Waals surface area contributed by atoms with E-state index in [1.54, 1.807) is 10.9 Å². The average molecular weight is 263 g/mol. The van der Waals surface area contributed by atoms with Gasteiger partial charge in [0, 0.05) is 19.9 Å². The van der Waals surface area contributed by atoms with Crippen molar-refractivity contribution in [2.75, 3.05) is 11.9 Å². The number of aryl methyl sites for hydroxylation is 1. The maximum Gasteiger partial charge on any atom is 0.223 e. The summed E-state index contributed by atoms with van der Waals surface area (Å²) >= 11 is 0. The summed E-state index contributed by atoms with van der Waals surface area (Å²) in [5, 5.41) is 7.32. The fraction of sp³-hybridized carbons (Fsp3) is 0.417. The van der Waals surface area contributed by atoms with Crippen LogP contribution in [0.3, 0.4) is 0 Å². The molecule has 3 rings (SSSR count). The van der Waals surface area contributed by atoms with Crippen LogP contribution in [0.2, 0.25) is 0 Å². The van der Waals surface area contributed by atoms with Gasteiger partial charge in [0.15, 0.2) is 5.82 Å². The molecule has 19 heavy (non-hydrogen) atoms. The summed E-state index contributed by atoms with van der Waals surface area (Å²) in [6, 6.07) is 1.98. The number of aromatic nitrogens is 4. The molecule has 6 nitrogen and oxygen atoms in total. The van der Waals surface area contributed by atoms with E-state index in [1.807, 2.05) is 13.1 Å². The zero-order chi connectivity index (χ0) is 13.2. The standard InChI is InChI=1S/C12H14FN5O/c1-18-10(2-4-16-18)11-9(3-5-19-11)17-12-14-6-8(13)7-15-12/h2,4,6-7,9,11H,3,5H2,1H3,(H,14,15,17)/t9-,11-/m0/s1. The van der Waals surface area contributed by atoms with Crippen LogP contribution >= 0.6 is 0 Å². The Hall–Kier alpha value is -2.02. The third kappa shape index (κ3) is 2.41. The maximum absolute atomic E-state index is 12.8. The van der Waals surface area contributed by atoms with E-state index in [0.29, 0.717) is 12.6 Å². The van der Waals surface area contributed by atoms with Crippen LogP contribution in [0.4, 0.5) is 10.3 Å². The fourth-order valence-corrected chi connectivity index (χ4v) is 2.24. The first kappa shape index (κ1) is 12.0. The van der Waals surface area contributed by atoms with Crippen LogP contribution in [0.15, 0.2) is 24.7 Å². The largest absolute Gasteiger partial charge is 0.370 e. The molecule has 7 heteroatoms. The summed E-state index contributed by atoms with van der Waals surface area (Å²) in [5.41, 5.74) is 0.997. The minimum atomic E-state index is -0.448. The van der Waals surface area contributed by atoms with Crippen molar-refractivity contribution in [1.82, 2.24) is 19.7 Å². The molecule has 1 aliphatic rings. The van der Waals surface area contributed by atoms with Crippen LogP contribution in [0.25, 0.3) is 0 Å². The van der Waals surface area contributed by atoms with Gasteiger partial charge in [-0.15, -0.1) is 0 Å². The van der Waals surface area contributed by atoms with Crippen molar-refractivity contribution in [1.29, 1.82) is 0 Å². The highest BCUT2D eigenvalue weighted by Crippen LogP contribution is 2.30. The molecule has 0 unspecified atom stereocenters. The first-order valence-electron chi connectivity index (χ1n) is 6.07. The first-order valence-corrected chi connectivity index (χ1v) is 6.07. The van der Waals surface area contributed by atoms with E-state index in [2.05, 4.69) is 20.4 Å². The van der Waals surface area contributed by atoms with Gasteiger partial charge in [0.25, 0.3) is 0 Å². The molecule has 2 aromatic heterocycles. The van der Waals surface area contributed by atoms with Gasteiger partial charge in [0.1, 0.15) is 6.10 Å². The smallest absolute Gasteiger partial charge is 0.223 e. The molecule has 1 N–H and O–H groups in total. The number of hydrogen-bond donors (Lipinski definition) is 1. The normalized spacial score (nSPS) is 22.6. The molecule has 2 atom stereocenters. The molecule has 0 amide bonds. The highest BCUT2D eigenvalue weighted by atomic mass is 19.1. The molecule has 0 bridgehead atoms. The van der Waals surface area contributed by atoms with E-state index >= 15 is 0 Å². The van der Waals surface area contributed by atoms with Crippen molar-refractivity contribution in [3.8, 4) is 0 Å². The van der Waals surface area contributed by atoms with Crippen molar-refractivity contribution in [2.45, 2.75) is 18.6 Å². The van der Waals surface area contributed by atoms with Gasteiger partial charge in [-0.05, 0) is 12.5 Å². The molecule has 0 saturated carbocycles. The maximum atomic E-state index is 12.8. The molecule has 0 spiro atoms. The molecule has 2 aromatic rings. The SMILES string of the molecule is Cn1nccc1[C@H]1OCC[C@@H]1Nc1ncc(F)cn1. The van der Waals surface area contributed by atoms with E-state index in [9.17, 15) is 4.39 Å². The highest BCUT2D eigenvalue weighted by molar-refractivity contribution is 5.27. The Bertz CT molecular complexity index is 556. The monoisotopic (exact) mass is 263 g/mol. The Balaban J connectivity index is 1.77. The van der Waals surface area contributed by atoms with Crippen molar-refractivity contribution in [3.05, 3.63) is 36.2 Å². The zero-order valence-corrected chi connectivity index (χ0v) is 10.5. The van der Waals surface area contributed by atoms with Crippen LogP contribution in [0.1, 0.15) is 18.2 Å². The zero-order valence-electron chi connectivity index (χ0n) is 10.5. The van der Waals surface area contributed by atoms with Crippen molar-refractivity contribution in [3.63, 3.8) is 0 Å². The van der Waals surface area contributed by atoms with Crippen LogP contribution in [0.5, 0.6) is 0 Å². The van der Waals surface area contributed by atoms with Crippen LogP contribution in [-0.4, -0.2) is 32.4 Å². The van der Waals surface area contributed by atoms with Gasteiger partial charge in [-0.25, -0.2) is 14.4 Å². The van der Waals surface area contributed by atoms with Crippen molar-refractivity contribution < 1.29 is 9.13 Å². The number of nitrogens with zero attached hydrogens (tertiary/aromatic N) is 4. The topological polar surface area (TPSA) is 64.9 Å². The lowest BCUT2D eigenvalue weighted by Crippen LogP contribution is -2.25. The first-order chi connectivity index (χ1) is 9.24. The van der Waals surface area contributed by atoms with Crippen LogP contribution in [0, 0.1) is 5.82 Å². The van der Waals surface area contributed by atoms with Gasteiger partial charge in [0.05, 0.1) is 24.1 Å². The minimum Gasteiger partial charge on any atom is -0.370 e. The summed E-state index contributed by atoms with van der Waals surface area (Å²) < 4.78 is 20.3. The van der Waals surface area contributed by atoms with Crippen molar-refractivity contribution in [2.24, 2.45) is 7.05 Å². The number of anilines is 1. The Kier molecular flexibility index (Phi) is 3.12. The molecule has 1 aliphatic heterocycles. The Morgan fingerprint density at radius 3 is 2.89 bits per heavy atom. The number of hydrogen-bond acceptors (Lipinski definition) is 5. The van der Waals surface area contributed by atoms with Gasteiger partial charge >= 0.3 is 0 Å². The fourth-order valence-electron chi connectivity index (χ4n) is 2.24. The highest BCUT2D eigenvalue weighted by Gasteiger charge is 2.32. The second-order valence-electron chi connectivity index (χ2n) is 4.44. The molecule has 1 saturated heterocycles. The molecule has 0 aliphatic carbocycles. The van der Waals surface area contributed by atoms with Gasteiger partial charge < -0.3 is 10.1 Å². The van der Waals surface area contributed by atoms with Crippen LogP contribution < -0.4 is 5.32 Å². The number of rotatable bonds is 3. The van der Waals surface area contributed by atoms with Crippen LogP contribution in [-0.2, 0) is 11.8 Å². The second kappa shape index (κ2) is 4.93. The summed E-state index contributed by atoms with van der Waals surface area (Å²) in [5.74, 6) is -0.0412. The average Bonchev–Trinajstić information content (AvgIpc) is 3.01. The third-order valence-electron chi connectivity index (χ3n) is 3.18. The summed E-state index contributed by atoms with van der Waals surface area (Å²) in [6.07, 6.45) is 4.77. The van der Waals surface area contributed by atoms with Gasteiger partial charge in [-0.1, -0.05) is 0 Å². The van der Waals surface area contributed by atoms with E-state index in [0.717, 1.165) is 24.5 Å². The molecule has 0 aromatic carbocycles. The number of halogens is 1. The Morgan fingerprint density at radius 2 is 2.21 bits per heavy atom. The van der Waals surface area contributed by atoms with E-state index in [4.69, 9.17) is 4.74 Å². The lowest BCUT2D eigenvalue weighted by molar-refractivity contribution is 0.101. The predicted molar refractivity (Wildman–Crippen MR) is 65.9 cm³/mol. The molecule has 100 valence electrons. The van der Waals surface area contributed by atoms with E-state index in [1.165, 1.54) is 0 Å². The van der Waals surface area contributed by atoms with Gasteiger partial charge in [-0.2, -0.15) is 5.10 Å². The quantitative estimate of drug-likeness (QED) is 0.904. The second-order valence-corrected chi connectivity index (χ2v) is 4.44. The van der Waals surface area contributed by atoms with E-state index < -0.39 is 5.82 Å². The lowest BCUT2D eigenvalue weighted by Gasteiger charge is -2.19. The Labute approximate surface area is 109 Å². The van der Waals surface area contributed by atoms with Gasteiger partial charge in [-0.3, -0.25) is 4.68 Å². The van der Waals surface area contributed by atoms with E-state index in [-0.39, 0.29) is 12.1 Å². The third-order valence-corrected chi connectivity index (χ3v) is 3.18. The molecule has 0 radical (unpaired) electrons. The number of ether oxygens (including phenoxy) is 1. The Morgan fingerprint density at radius 1 is 1.42 bits per heavy atom. The summed E-state index contributed by atoms with van der Waals surface area (Å²) in [6.45, 7) is 0.661. The summed E-state index contributed by atoms with van der Waals surface area (Å²) in [7, 11) is 1.88. The molecular formula is C12H14FN5O. The molecule has 3 heterocycles. The lowest BCUT2D eigenvalue weighted by atomic mass is 10.1. The molecular weight excluding hydrogens is 249 g/mol. The minimum absolute atomic E-state index is 0.0564. The van der Waals surface area contributed by atoms with Crippen molar-refractivity contribution >= 4 is 5.95 Å². The number of nitrogens with one attached hydrogen (secondary N) is 1.